The van der Waals surface area contributed by atoms with Gasteiger partial charge in [0, 0.05) is 17.8 Å². The van der Waals surface area contributed by atoms with Gasteiger partial charge in [-0.3, -0.25) is 4.79 Å². The molecule has 0 aliphatic carbocycles. The van der Waals surface area contributed by atoms with E-state index in [0.29, 0.717) is 17.1 Å². The Balaban J connectivity index is 2.10. The summed E-state index contributed by atoms with van der Waals surface area (Å²) in [5.74, 6) is 0.0352. The number of carbonyl (C=O) groups is 1. The number of likely N-dealkylation sites (N-methyl/N-ethyl adjacent to an activating group) is 1. The lowest BCUT2D eigenvalue weighted by molar-refractivity contribution is -0.131. The van der Waals surface area contributed by atoms with E-state index < -0.39 is 0 Å². The van der Waals surface area contributed by atoms with Crippen molar-refractivity contribution >= 4 is 23.2 Å². The maximum atomic E-state index is 12.4. The molecule has 4 heteroatoms. The Labute approximate surface area is 130 Å². The first kappa shape index (κ1) is 15.4. The van der Waals surface area contributed by atoms with Gasteiger partial charge in [0.25, 0.3) is 0 Å². The molecule has 0 saturated heterocycles. The van der Waals surface area contributed by atoms with Gasteiger partial charge >= 0.3 is 0 Å². The van der Waals surface area contributed by atoms with Gasteiger partial charge in [-0.2, -0.15) is 0 Å². The largest absolute Gasteiger partial charge is 0.399 e. The lowest BCUT2D eigenvalue weighted by atomic mass is 10.1. The van der Waals surface area contributed by atoms with Gasteiger partial charge in [0.1, 0.15) is 0 Å². The molecule has 21 heavy (non-hydrogen) atoms. The quantitative estimate of drug-likeness (QED) is 0.876. The summed E-state index contributed by atoms with van der Waals surface area (Å²) >= 11 is 6.19. The predicted octanol–water partition coefficient (Wildman–Crippen LogP) is 3.68. The first-order valence-corrected chi connectivity index (χ1v) is 7.21. The normalized spacial score (nSPS) is 12.0. The van der Waals surface area contributed by atoms with Gasteiger partial charge in [-0.25, -0.2) is 0 Å². The molecule has 1 unspecified atom stereocenters. The first-order valence-electron chi connectivity index (χ1n) is 6.83. The summed E-state index contributed by atoms with van der Waals surface area (Å²) in [5, 5.41) is 0.675. The highest BCUT2D eigenvalue weighted by atomic mass is 35.5. The maximum absolute atomic E-state index is 12.4. The Bertz CT molecular complexity index is 642. The van der Waals surface area contributed by atoms with Crippen molar-refractivity contribution < 1.29 is 4.79 Å². The summed E-state index contributed by atoms with van der Waals surface area (Å²) in [6, 6.07) is 14.9. The average Bonchev–Trinajstić information content (AvgIpc) is 2.46. The van der Waals surface area contributed by atoms with Crippen LogP contribution in [0.15, 0.2) is 48.5 Å². The third-order valence-electron chi connectivity index (χ3n) is 3.64. The zero-order valence-corrected chi connectivity index (χ0v) is 13.0. The maximum Gasteiger partial charge on any atom is 0.227 e. The molecule has 0 spiro atoms. The number of benzene rings is 2. The van der Waals surface area contributed by atoms with Crippen molar-refractivity contribution in [3.8, 4) is 0 Å². The minimum absolute atomic E-state index is 0.0352. The Morgan fingerprint density at radius 2 is 1.95 bits per heavy atom. The summed E-state index contributed by atoms with van der Waals surface area (Å²) < 4.78 is 0. The van der Waals surface area contributed by atoms with Gasteiger partial charge in [-0.15, -0.1) is 0 Å². The van der Waals surface area contributed by atoms with Gasteiger partial charge in [0.2, 0.25) is 5.91 Å². The van der Waals surface area contributed by atoms with E-state index in [-0.39, 0.29) is 11.9 Å². The third kappa shape index (κ3) is 3.76. The second kappa shape index (κ2) is 6.64. The van der Waals surface area contributed by atoms with Crippen molar-refractivity contribution in [3.63, 3.8) is 0 Å². The number of amides is 1. The highest BCUT2D eigenvalue weighted by molar-refractivity contribution is 6.31. The van der Waals surface area contributed by atoms with Gasteiger partial charge in [0.15, 0.2) is 0 Å². The van der Waals surface area contributed by atoms with Crippen LogP contribution in [0.3, 0.4) is 0 Å². The van der Waals surface area contributed by atoms with E-state index in [9.17, 15) is 4.79 Å². The fourth-order valence-corrected chi connectivity index (χ4v) is 2.53. The topological polar surface area (TPSA) is 46.3 Å². The monoisotopic (exact) mass is 302 g/mol. The van der Waals surface area contributed by atoms with Crippen LogP contribution in [0, 0.1) is 0 Å². The van der Waals surface area contributed by atoms with Gasteiger partial charge in [0.05, 0.1) is 12.5 Å². The minimum Gasteiger partial charge on any atom is -0.399 e. The van der Waals surface area contributed by atoms with E-state index in [4.69, 9.17) is 17.3 Å². The van der Waals surface area contributed by atoms with Crippen LogP contribution in [-0.2, 0) is 11.2 Å². The highest BCUT2D eigenvalue weighted by Gasteiger charge is 2.19. The summed E-state index contributed by atoms with van der Waals surface area (Å²) in [4.78, 5) is 14.1. The Kier molecular flexibility index (Phi) is 4.86. The summed E-state index contributed by atoms with van der Waals surface area (Å²) in [7, 11) is 1.79. The molecule has 0 aliphatic heterocycles. The van der Waals surface area contributed by atoms with Crippen LogP contribution in [0.5, 0.6) is 0 Å². The predicted molar refractivity (Wildman–Crippen MR) is 87.2 cm³/mol. The number of nitrogen functional groups attached to an aromatic ring is 1. The zero-order chi connectivity index (χ0) is 15.4. The molecule has 0 radical (unpaired) electrons. The summed E-state index contributed by atoms with van der Waals surface area (Å²) in [6.45, 7) is 1.97. The molecule has 0 aliphatic rings. The Morgan fingerprint density at radius 1 is 1.24 bits per heavy atom. The molecular formula is C17H19ClN2O. The van der Waals surface area contributed by atoms with Crippen LogP contribution in [-0.4, -0.2) is 17.9 Å². The smallest absolute Gasteiger partial charge is 0.227 e. The number of nitrogens with zero attached hydrogens (tertiary/aromatic N) is 1. The molecule has 0 bridgehead atoms. The third-order valence-corrected chi connectivity index (χ3v) is 3.98. The highest BCUT2D eigenvalue weighted by Crippen LogP contribution is 2.26. The lowest BCUT2D eigenvalue weighted by Crippen LogP contribution is -2.31. The van der Waals surface area contributed by atoms with Crippen LogP contribution < -0.4 is 5.73 Å². The molecule has 2 N–H and O–H groups in total. The summed E-state index contributed by atoms with van der Waals surface area (Å²) in [6.07, 6.45) is 0.330. The van der Waals surface area contributed by atoms with Crippen molar-refractivity contribution in [1.29, 1.82) is 0 Å². The van der Waals surface area contributed by atoms with Crippen molar-refractivity contribution in [1.82, 2.24) is 4.90 Å². The molecule has 0 fully saturated rings. The second-order valence-corrected chi connectivity index (χ2v) is 5.53. The fraction of sp³-hybridized carbons (Fsp3) is 0.235. The molecule has 0 saturated carbocycles. The number of hydrogen-bond donors (Lipinski definition) is 1. The Hall–Kier alpha value is -2.00. The van der Waals surface area contributed by atoms with Crippen molar-refractivity contribution in [2.24, 2.45) is 0 Å². The van der Waals surface area contributed by atoms with E-state index in [0.717, 1.165) is 11.1 Å². The molecule has 2 aromatic rings. The van der Waals surface area contributed by atoms with Crippen molar-refractivity contribution in [2.75, 3.05) is 12.8 Å². The molecule has 2 rings (SSSR count). The lowest BCUT2D eigenvalue weighted by Gasteiger charge is -2.26. The van der Waals surface area contributed by atoms with Crippen molar-refractivity contribution in [2.45, 2.75) is 19.4 Å². The summed E-state index contributed by atoms with van der Waals surface area (Å²) in [5.41, 5.74) is 8.27. The van der Waals surface area contributed by atoms with Crippen molar-refractivity contribution in [3.05, 3.63) is 64.7 Å². The van der Waals surface area contributed by atoms with Crippen LogP contribution in [0.25, 0.3) is 0 Å². The molecule has 1 amide bonds. The van der Waals surface area contributed by atoms with Crippen LogP contribution in [0.2, 0.25) is 5.02 Å². The standard InChI is InChI=1S/C17H19ClN2O/c1-12(15-8-3-4-9-16(15)18)20(2)17(21)11-13-6-5-7-14(19)10-13/h3-10,12H,11,19H2,1-2H3. The minimum atomic E-state index is -0.0766. The Morgan fingerprint density at radius 3 is 2.62 bits per heavy atom. The van der Waals surface area contributed by atoms with Crippen LogP contribution >= 0.6 is 11.6 Å². The van der Waals surface area contributed by atoms with E-state index in [1.54, 1.807) is 11.9 Å². The second-order valence-electron chi connectivity index (χ2n) is 5.12. The molecule has 2 aromatic carbocycles. The average molecular weight is 303 g/mol. The van der Waals surface area contributed by atoms with Crippen LogP contribution in [0.1, 0.15) is 24.1 Å². The van der Waals surface area contributed by atoms with E-state index >= 15 is 0 Å². The van der Waals surface area contributed by atoms with E-state index in [2.05, 4.69) is 0 Å². The molecule has 0 aromatic heterocycles. The number of hydrogen-bond acceptors (Lipinski definition) is 2. The number of halogens is 1. The number of nitrogens with two attached hydrogens (primary N) is 1. The number of anilines is 1. The number of rotatable bonds is 4. The number of carbonyl (C=O) groups excluding carboxylic acids is 1. The van der Waals surface area contributed by atoms with Gasteiger partial charge in [-0.05, 0) is 36.2 Å². The molecule has 110 valence electrons. The van der Waals surface area contributed by atoms with Gasteiger partial charge in [-0.1, -0.05) is 41.9 Å². The first-order chi connectivity index (χ1) is 9.99. The van der Waals surface area contributed by atoms with E-state index in [1.165, 1.54) is 0 Å². The zero-order valence-electron chi connectivity index (χ0n) is 12.2. The van der Waals surface area contributed by atoms with E-state index in [1.807, 2.05) is 55.5 Å². The SMILES string of the molecule is CC(c1ccccc1Cl)N(C)C(=O)Cc1cccc(N)c1. The van der Waals surface area contributed by atoms with Gasteiger partial charge < -0.3 is 10.6 Å². The molecular weight excluding hydrogens is 284 g/mol. The molecule has 0 heterocycles. The van der Waals surface area contributed by atoms with Crippen LogP contribution in [0.4, 0.5) is 5.69 Å². The molecule has 3 nitrogen and oxygen atoms in total. The fourth-order valence-electron chi connectivity index (χ4n) is 2.24. The molecule has 1 atom stereocenters.